The first-order valence-corrected chi connectivity index (χ1v) is 6.11. The van der Waals surface area contributed by atoms with Gasteiger partial charge in [0.2, 0.25) is 0 Å². The Balaban J connectivity index is 1.98. The van der Waals surface area contributed by atoms with Crippen molar-refractivity contribution >= 4 is 5.82 Å². The van der Waals surface area contributed by atoms with Crippen LogP contribution in [0.4, 0.5) is 5.82 Å². The average molecular weight is 235 g/mol. The Hall–Kier alpha value is -1.16. The van der Waals surface area contributed by atoms with Crippen molar-refractivity contribution in [1.29, 1.82) is 0 Å². The second kappa shape index (κ2) is 4.61. The number of hydrogen-bond acceptors (Lipinski definition) is 4. The maximum Gasteiger partial charge on any atom is 0.129 e. The lowest BCUT2D eigenvalue weighted by atomic mass is 9.89. The first kappa shape index (κ1) is 12.3. The molecule has 94 valence electrons. The fourth-order valence-electron chi connectivity index (χ4n) is 1.93. The van der Waals surface area contributed by atoms with Gasteiger partial charge < -0.3 is 10.1 Å². The molecule has 0 bridgehead atoms. The monoisotopic (exact) mass is 235 g/mol. The van der Waals surface area contributed by atoms with E-state index in [4.69, 9.17) is 4.74 Å². The van der Waals surface area contributed by atoms with Gasteiger partial charge in [-0.3, -0.25) is 0 Å². The van der Waals surface area contributed by atoms with E-state index in [2.05, 4.69) is 36.1 Å². The van der Waals surface area contributed by atoms with Crippen LogP contribution >= 0.6 is 0 Å². The molecule has 1 N–H and O–H groups in total. The summed E-state index contributed by atoms with van der Waals surface area (Å²) < 4.78 is 5.26. The second-order valence-electron chi connectivity index (χ2n) is 5.71. The van der Waals surface area contributed by atoms with Crippen molar-refractivity contribution in [2.24, 2.45) is 0 Å². The number of methoxy groups -OCH3 is 1. The smallest absolute Gasteiger partial charge is 0.129 e. The fourth-order valence-corrected chi connectivity index (χ4v) is 1.93. The van der Waals surface area contributed by atoms with Gasteiger partial charge in [0.05, 0.1) is 11.8 Å². The topological polar surface area (TPSA) is 47.0 Å². The molecule has 0 aliphatic heterocycles. The van der Waals surface area contributed by atoms with Crippen molar-refractivity contribution in [2.45, 2.75) is 51.2 Å². The second-order valence-corrected chi connectivity index (χ2v) is 5.71. The summed E-state index contributed by atoms with van der Waals surface area (Å²) in [6.45, 7) is 6.47. The maximum atomic E-state index is 5.26. The molecule has 4 heteroatoms. The van der Waals surface area contributed by atoms with E-state index in [1.807, 2.05) is 6.07 Å². The molecular formula is C13H21N3O. The van der Waals surface area contributed by atoms with Crippen LogP contribution in [0.15, 0.2) is 12.4 Å². The third-order valence-electron chi connectivity index (χ3n) is 3.22. The third-order valence-corrected chi connectivity index (χ3v) is 3.22. The van der Waals surface area contributed by atoms with E-state index in [1.54, 1.807) is 13.4 Å². The summed E-state index contributed by atoms with van der Waals surface area (Å²) in [5, 5.41) is 3.42. The minimum absolute atomic E-state index is 0.0635. The number of nitrogens with zero attached hydrogens (tertiary/aromatic N) is 2. The summed E-state index contributed by atoms with van der Waals surface area (Å²) in [7, 11) is 1.77. The van der Waals surface area contributed by atoms with Crippen molar-refractivity contribution in [3.63, 3.8) is 0 Å². The van der Waals surface area contributed by atoms with Crippen LogP contribution in [0.25, 0.3) is 0 Å². The van der Waals surface area contributed by atoms with Crippen molar-refractivity contribution in [3.8, 4) is 0 Å². The summed E-state index contributed by atoms with van der Waals surface area (Å²) in [6, 6.07) is 2.53. The Labute approximate surface area is 103 Å². The van der Waals surface area contributed by atoms with Crippen LogP contribution in [0.3, 0.4) is 0 Å². The molecule has 1 aromatic rings. The number of anilines is 1. The highest BCUT2D eigenvalue weighted by Gasteiger charge is 2.29. The molecule has 0 saturated heterocycles. The Bertz CT molecular complexity index is 380. The van der Waals surface area contributed by atoms with Gasteiger partial charge in [-0.2, -0.15) is 0 Å². The van der Waals surface area contributed by atoms with E-state index >= 15 is 0 Å². The van der Waals surface area contributed by atoms with Crippen LogP contribution in [0.5, 0.6) is 0 Å². The van der Waals surface area contributed by atoms with Crippen molar-refractivity contribution in [2.75, 3.05) is 12.4 Å². The van der Waals surface area contributed by atoms with E-state index in [-0.39, 0.29) is 5.41 Å². The zero-order chi connectivity index (χ0) is 12.5. The summed E-state index contributed by atoms with van der Waals surface area (Å²) in [5.74, 6) is 0.921. The molecule has 2 rings (SSSR count). The summed E-state index contributed by atoms with van der Waals surface area (Å²) >= 11 is 0. The molecule has 0 atom stereocenters. The van der Waals surface area contributed by atoms with Crippen LogP contribution in [-0.4, -0.2) is 29.2 Å². The predicted octanol–water partition coefficient (Wildman–Crippen LogP) is 2.36. The van der Waals surface area contributed by atoms with Gasteiger partial charge in [0.25, 0.3) is 0 Å². The molecule has 0 radical (unpaired) electrons. The molecule has 0 amide bonds. The SMILES string of the molecule is CO[C@H]1C[C@@H](Nc2cc(C(C)(C)C)ncn2)C1. The lowest BCUT2D eigenvalue weighted by Crippen LogP contribution is -2.40. The van der Waals surface area contributed by atoms with Gasteiger partial charge >= 0.3 is 0 Å². The first-order chi connectivity index (χ1) is 7.99. The van der Waals surface area contributed by atoms with Crippen molar-refractivity contribution in [3.05, 3.63) is 18.1 Å². The van der Waals surface area contributed by atoms with Crippen molar-refractivity contribution in [1.82, 2.24) is 9.97 Å². The molecule has 4 nitrogen and oxygen atoms in total. The van der Waals surface area contributed by atoms with Crippen LogP contribution in [0.1, 0.15) is 39.3 Å². The standard InChI is InChI=1S/C13H21N3O/c1-13(2,3)11-7-12(15-8-14-11)16-9-5-10(6-9)17-4/h7-10H,5-6H2,1-4H3,(H,14,15,16)/t9-,10+. The molecule has 1 aromatic heterocycles. The van der Waals surface area contributed by atoms with Gasteiger partial charge in [-0.15, -0.1) is 0 Å². The Morgan fingerprint density at radius 3 is 2.59 bits per heavy atom. The quantitative estimate of drug-likeness (QED) is 0.873. The van der Waals surface area contributed by atoms with Crippen LogP contribution in [0.2, 0.25) is 0 Å². The third kappa shape index (κ3) is 2.94. The highest BCUT2D eigenvalue weighted by atomic mass is 16.5. The van der Waals surface area contributed by atoms with Gasteiger partial charge in [0.1, 0.15) is 12.1 Å². The molecule has 0 aromatic carbocycles. The zero-order valence-electron chi connectivity index (χ0n) is 11.0. The van der Waals surface area contributed by atoms with Crippen LogP contribution in [-0.2, 0) is 10.2 Å². The molecule has 1 aliphatic rings. The highest BCUT2D eigenvalue weighted by molar-refractivity contribution is 5.38. The highest BCUT2D eigenvalue weighted by Crippen LogP contribution is 2.27. The number of ether oxygens (including phenoxy) is 1. The summed E-state index contributed by atoms with van der Waals surface area (Å²) in [5.41, 5.74) is 1.13. The molecule has 0 unspecified atom stereocenters. The average Bonchev–Trinajstić information content (AvgIpc) is 2.22. The molecule has 1 aliphatic carbocycles. The zero-order valence-corrected chi connectivity index (χ0v) is 11.0. The summed E-state index contributed by atoms with van der Waals surface area (Å²) in [6.07, 6.45) is 4.17. The van der Waals surface area contributed by atoms with E-state index in [9.17, 15) is 0 Å². The largest absolute Gasteiger partial charge is 0.381 e. The maximum absolute atomic E-state index is 5.26. The predicted molar refractivity (Wildman–Crippen MR) is 68.2 cm³/mol. The van der Waals surface area contributed by atoms with Gasteiger partial charge in [-0.05, 0) is 12.8 Å². The number of hydrogen-bond donors (Lipinski definition) is 1. The van der Waals surface area contributed by atoms with E-state index in [0.29, 0.717) is 12.1 Å². The van der Waals surface area contributed by atoms with Crippen LogP contribution in [0, 0.1) is 0 Å². The Kier molecular flexibility index (Phi) is 3.33. The van der Waals surface area contributed by atoms with Gasteiger partial charge in [0.15, 0.2) is 0 Å². The van der Waals surface area contributed by atoms with E-state index in [0.717, 1.165) is 24.4 Å². The lowest BCUT2D eigenvalue weighted by Gasteiger charge is -2.35. The molecule has 1 heterocycles. The van der Waals surface area contributed by atoms with Crippen LogP contribution < -0.4 is 5.32 Å². The molecule has 0 spiro atoms. The Morgan fingerprint density at radius 2 is 2.00 bits per heavy atom. The molecular weight excluding hydrogens is 214 g/mol. The summed E-state index contributed by atoms with van der Waals surface area (Å²) in [4.78, 5) is 8.58. The number of rotatable bonds is 3. The molecule has 17 heavy (non-hydrogen) atoms. The number of nitrogens with one attached hydrogen (secondary N) is 1. The minimum atomic E-state index is 0.0635. The van der Waals surface area contributed by atoms with Gasteiger partial charge in [0, 0.05) is 24.6 Å². The lowest BCUT2D eigenvalue weighted by molar-refractivity contribution is 0.0328. The first-order valence-electron chi connectivity index (χ1n) is 6.11. The molecule has 1 fully saturated rings. The van der Waals surface area contributed by atoms with Gasteiger partial charge in [-0.1, -0.05) is 20.8 Å². The molecule has 1 saturated carbocycles. The normalized spacial score (nSPS) is 24.2. The fraction of sp³-hybridized carbons (Fsp3) is 0.692. The van der Waals surface area contributed by atoms with Gasteiger partial charge in [-0.25, -0.2) is 9.97 Å². The van der Waals surface area contributed by atoms with E-state index in [1.165, 1.54) is 0 Å². The minimum Gasteiger partial charge on any atom is -0.381 e. The van der Waals surface area contributed by atoms with E-state index < -0.39 is 0 Å². The van der Waals surface area contributed by atoms with Crippen molar-refractivity contribution < 1.29 is 4.74 Å². The Morgan fingerprint density at radius 1 is 1.29 bits per heavy atom. The number of aromatic nitrogens is 2.